The average Bonchev–Trinajstić information content (AvgIpc) is 2.30. The van der Waals surface area contributed by atoms with Crippen molar-refractivity contribution in [3.05, 3.63) is 35.9 Å². The predicted octanol–water partition coefficient (Wildman–Crippen LogP) is 2.98. The standard InChI is InChI=1S/C14H19NO/c1-2-16-14-8-4-6-12(10-14)11-5-3-7-13(15)9-11/h4,6,8-10,13H,2-3,5,7,15H2,1H3. The largest absolute Gasteiger partial charge is 0.494 e. The van der Waals surface area contributed by atoms with Crippen LogP contribution in [-0.2, 0) is 0 Å². The lowest BCUT2D eigenvalue weighted by atomic mass is 9.91. The van der Waals surface area contributed by atoms with Crippen LogP contribution in [0.1, 0.15) is 31.7 Å². The summed E-state index contributed by atoms with van der Waals surface area (Å²) >= 11 is 0. The predicted molar refractivity (Wildman–Crippen MR) is 67.4 cm³/mol. The highest BCUT2D eigenvalue weighted by molar-refractivity contribution is 5.67. The van der Waals surface area contributed by atoms with Crippen molar-refractivity contribution in [1.82, 2.24) is 0 Å². The summed E-state index contributed by atoms with van der Waals surface area (Å²) in [7, 11) is 0. The van der Waals surface area contributed by atoms with Crippen LogP contribution in [0.15, 0.2) is 30.3 Å². The molecule has 0 saturated heterocycles. The highest BCUT2D eigenvalue weighted by Crippen LogP contribution is 2.28. The molecule has 0 fully saturated rings. The molecule has 86 valence electrons. The molecule has 0 radical (unpaired) electrons. The van der Waals surface area contributed by atoms with Gasteiger partial charge in [-0.05, 0) is 49.5 Å². The summed E-state index contributed by atoms with van der Waals surface area (Å²) in [5.41, 5.74) is 8.56. The average molecular weight is 217 g/mol. The molecule has 0 aliphatic heterocycles. The van der Waals surface area contributed by atoms with Crippen molar-refractivity contribution in [2.24, 2.45) is 5.73 Å². The number of hydrogen-bond acceptors (Lipinski definition) is 2. The molecular formula is C14H19NO. The van der Waals surface area contributed by atoms with Crippen LogP contribution in [0.25, 0.3) is 5.57 Å². The van der Waals surface area contributed by atoms with E-state index in [1.807, 2.05) is 19.1 Å². The highest BCUT2D eigenvalue weighted by Gasteiger charge is 2.11. The lowest BCUT2D eigenvalue weighted by Crippen LogP contribution is -2.19. The van der Waals surface area contributed by atoms with Crippen molar-refractivity contribution in [2.75, 3.05) is 6.61 Å². The van der Waals surface area contributed by atoms with E-state index in [1.54, 1.807) is 0 Å². The van der Waals surface area contributed by atoms with Gasteiger partial charge in [0.2, 0.25) is 0 Å². The van der Waals surface area contributed by atoms with Gasteiger partial charge in [-0.25, -0.2) is 0 Å². The summed E-state index contributed by atoms with van der Waals surface area (Å²) < 4.78 is 5.51. The van der Waals surface area contributed by atoms with Gasteiger partial charge in [0.15, 0.2) is 0 Å². The van der Waals surface area contributed by atoms with Crippen LogP contribution < -0.4 is 10.5 Å². The molecule has 2 N–H and O–H groups in total. The smallest absolute Gasteiger partial charge is 0.119 e. The minimum Gasteiger partial charge on any atom is -0.494 e. The molecule has 1 atom stereocenters. The molecule has 2 nitrogen and oxygen atoms in total. The summed E-state index contributed by atoms with van der Waals surface area (Å²) in [5.74, 6) is 0.944. The number of nitrogens with two attached hydrogens (primary N) is 1. The van der Waals surface area contributed by atoms with E-state index in [1.165, 1.54) is 17.6 Å². The number of rotatable bonds is 3. The number of allylic oxidation sites excluding steroid dienone is 1. The van der Waals surface area contributed by atoms with E-state index in [9.17, 15) is 0 Å². The van der Waals surface area contributed by atoms with Gasteiger partial charge >= 0.3 is 0 Å². The Kier molecular flexibility index (Phi) is 3.62. The Labute approximate surface area is 97.1 Å². The third kappa shape index (κ3) is 2.64. The van der Waals surface area contributed by atoms with E-state index in [0.717, 1.165) is 18.6 Å². The quantitative estimate of drug-likeness (QED) is 0.844. The van der Waals surface area contributed by atoms with Crippen LogP contribution in [0, 0.1) is 0 Å². The van der Waals surface area contributed by atoms with Crippen LogP contribution in [0.4, 0.5) is 0 Å². The molecule has 0 aromatic heterocycles. The van der Waals surface area contributed by atoms with Crippen LogP contribution in [0.2, 0.25) is 0 Å². The maximum absolute atomic E-state index is 5.95. The molecular weight excluding hydrogens is 198 g/mol. The molecule has 16 heavy (non-hydrogen) atoms. The van der Waals surface area contributed by atoms with Gasteiger partial charge in [0.1, 0.15) is 5.75 Å². The molecule has 0 bridgehead atoms. The van der Waals surface area contributed by atoms with Gasteiger partial charge in [0.25, 0.3) is 0 Å². The van der Waals surface area contributed by atoms with Crippen LogP contribution in [-0.4, -0.2) is 12.6 Å². The Morgan fingerprint density at radius 1 is 1.44 bits per heavy atom. The summed E-state index contributed by atoms with van der Waals surface area (Å²) in [4.78, 5) is 0. The molecule has 2 heteroatoms. The maximum atomic E-state index is 5.95. The monoisotopic (exact) mass is 217 g/mol. The first kappa shape index (κ1) is 11.2. The van der Waals surface area contributed by atoms with Crippen molar-refractivity contribution in [1.29, 1.82) is 0 Å². The molecule has 1 aromatic carbocycles. The topological polar surface area (TPSA) is 35.2 Å². The first-order valence-corrected chi connectivity index (χ1v) is 5.99. The van der Waals surface area contributed by atoms with E-state index in [4.69, 9.17) is 10.5 Å². The highest BCUT2D eigenvalue weighted by atomic mass is 16.5. The molecule has 1 aliphatic rings. The fraction of sp³-hybridized carbons (Fsp3) is 0.429. The van der Waals surface area contributed by atoms with E-state index >= 15 is 0 Å². The SMILES string of the molecule is CCOc1cccc(C2=CC(N)CCC2)c1. The van der Waals surface area contributed by atoms with Gasteiger partial charge in [-0.15, -0.1) is 0 Å². The molecule has 0 heterocycles. The zero-order valence-corrected chi connectivity index (χ0v) is 9.78. The molecule has 2 rings (SSSR count). The number of hydrogen-bond donors (Lipinski definition) is 1. The third-order valence-electron chi connectivity index (χ3n) is 2.91. The lowest BCUT2D eigenvalue weighted by Gasteiger charge is -2.18. The normalized spacial score (nSPS) is 20.4. The van der Waals surface area contributed by atoms with Gasteiger partial charge in [0.05, 0.1) is 6.61 Å². The summed E-state index contributed by atoms with van der Waals surface area (Å²) in [6.07, 6.45) is 5.61. The molecule has 0 saturated carbocycles. The van der Waals surface area contributed by atoms with E-state index < -0.39 is 0 Å². The Balaban J connectivity index is 2.22. The second-order valence-electron chi connectivity index (χ2n) is 4.21. The first-order chi connectivity index (χ1) is 7.79. The first-order valence-electron chi connectivity index (χ1n) is 5.99. The maximum Gasteiger partial charge on any atom is 0.119 e. The fourth-order valence-corrected chi connectivity index (χ4v) is 2.15. The Morgan fingerprint density at radius 2 is 2.31 bits per heavy atom. The second kappa shape index (κ2) is 5.17. The third-order valence-corrected chi connectivity index (χ3v) is 2.91. The van der Waals surface area contributed by atoms with Crippen molar-refractivity contribution >= 4 is 5.57 Å². The summed E-state index contributed by atoms with van der Waals surface area (Å²) in [6, 6.07) is 8.50. The molecule has 0 spiro atoms. The molecule has 1 aliphatic carbocycles. The van der Waals surface area contributed by atoms with Crippen LogP contribution in [0.3, 0.4) is 0 Å². The fourth-order valence-electron chi connectivity index (χ4n) is 2.15. The zero-order valence-electron chi connectivity index (χ0n) is 9.78. The van der Waals surface area contributed by atoms with Gasteiger partial charge < -0.3 is 10.5 Å². The van der Waals surface area contributed by atoms with Crippen LogP contribution >= 0.6 is 0 Å². The Bertz CT molecular complexity index is 384. The Morgan fingerprint density at radius 3 is 3.06 bits per heavy atom. The molecule has 1 aromatic rings. The lowest BCUT2D eigenvalue weighted by molar-refractivity contribution is 0.340. The summed E-state index contributed by atoms with van der Waals surface area (Å²) in [6.45, 7) is 2.71. The van der Waals surface area contributed by atoms with E-state index in [2.05, 4.69) is 18.2 Å². The molecule has 0 amide bonds. The van der Waals surface area contributed by atoms with Gasteiger partial charge in [-0.2, -0.15) is 0 Å². The van der Waals surface area contributed by atoms with E-state index in [0.29, 0.717) is 6.61 Å². The second-order valence-corrected chi connectivity index (χ2v) is 4.21. The van der Waals surface area contributed by atoms with Crippen LogP contribution in [0.5, 0.6) is 5.75 Å². The van der Waals surface area contributed by atoms with Crippen molar-refractivity contribution < 1.29 is 4.74 Å². The van der Waals surface area contributed by atoms with E-state index in [-0.39, 0.29) is 6.04 Å². The van der Waals surface area contributed by atoms with Gasteiger partial charge in [-0.1, -0.05) is 18.2 Å². The van der Waals surface area contributed by atoms with Crippen molar-refractivity contribution in [3.63, 3.8) is 0 Å². The minimum absolute atomic E-state index is 0.222. The molecule has 1 unspecified atom stereocenters. The van der Waals surface area contributed by atoms with Gasteiger partial charge in [-0.3, -0.25) is 0 Å². The number of benzene rings is 1. The minimum atomic E-state index is 0.222. The summed E-state index contributed by atoms with van der Waals surface area (Å²) in [5, 5.41) is 0. The van der Waals surface area contributed by atoms with Gasteiger partial charge in [0, 0.05) is 6.04 Å². The van der Waals surface area contributed by atoms with Crippen molar-refractivity contribution in [2.45, 2.75) is 32.2 Å². The number of ether oxygens (including phenoxy) is 1. The Hall–Kier alpha value is -1.28. The van der Waals surface area contributed by atoms with Crippen molar-refractivity contribution in [3.8, 4) is 5.75 Å². The zero-order chi connectivity index (χ0) is 11.4.